The topological polar surface area (TPSA) is 88.2 Å². The van der Waals surface area contributed by atoms with E-state index < -0.39 is 10.0 Å². The molecule has 0 radical (unpaired) electrons. The predicted octanol–water partition coefficient (Wildman–Crippen LogP) is 2.78. The highest BCUT2D eigenvalue weighted by atomic mass is 32.2. The van der Waals surface area contributed by atoms with Crippen molar-refractivity contribution in [1.29, 1.82) is 0 Å². The molecule has 0 aliphatic carbocycles. The normalized spacial score (nSPS) is 11.6. The fourth-order valence-corrected chi connectivity index (χ4v) is 4.32. The Kier molecular flexibility index (Phi) is 5.12. The number of aromatic nitrogens is 1. The molecule has 25 heavy (non-hydrogen) atoms. The summed E-state index contributed by atoms with van der Waals surface area (Å²) in [6.07, 6.45) is 0.530. The third kappa shape index (κ3) is 4.41. The Morgan fingerprint density at radius 2 is 1.84 bits per heavy atom. The Morgan fingerprint density at radius 1 is 1.12 bits per heavy atom. The Bertz CT molecular complexity index is 962. The second-order valence-corrected chi connectivity index (χ2v) is 8.31. The molecule has 130 valence electrons. The van der Waals surface area contributed by atoms with Crippen LogP contribution in [0.15, 0.2) is 53.4 Å². The van der Waals surface area contributed by atoms with E-state index >= 15 is 0 Å². The quantitative estimate of drug-likeness (QED) is 0.693. The van der Waals surface area contributed by atoms with Crippen molar-refractivity contribution in [2.45, 2.75) is 18.2 Å². The van der Waals surface area contributed by atoms with Gasteiger partial charge in [-0.15, -0.1) is 11.3 Å². The number of nitrogens with zero attached hydrogens (tertiary/aromatic N) is 1. The van der Waals surface area contributed by atoms with Gasteiger partial charge >= 0.3 is 0 Å². The van der Waals surface area contributed by atoms with Crippen LogP contribution in [0.4, 0.5) is 5.69 Å². The third-order valence-corrected chi connectivity index (χ3v) is 6.03. The maximum Gasteiger partial charge on any atom is 0.240 e. The summed E-state index contributed by atoms with van der Waals surface area (Å²) in [6.45, 7) is 1.67. The van der Waals surface area contributed by atoms with E-state index in [0.29, 0.717) is 12.1 Å². The lowest BCUT2D eigenvalue weighted by Crippen LogP contribution is -2.26. The SMILES string of the molecule is CC(=O)Nc1ccc(S(=O)(=O)NCCc2nc3ccccc3s2)cc1. The average Bonchev–Trinajstić information content (AvgIpc) is 2.97. The van der Waals surface area contributed by atoms with Gasteiger partial charge in [-0.1, -0.05) is 12.1 Å². The Morgan fingerprint density at radius 3 is 2.52 bits per heavy atom. The molecule has 2 aromatic carbocycles. The zero-order chi connectivity index (χ0) is 17.9. The fourth-order valence-electron chi connectivity index (χ4n) is 2.32. The molecule has 1 amide bonds. The summed E-state index contributed by atoms with van der Waals surface area (Å²) >= 11 is 1.57. The van der Waals surface area contributed by atoms with E-state index in [4.69, 9.17) is 0 Å². The molecule has 0 bridgehead atoms. The minimum atomic E-state index is -3.59. The lowest BCUT2D eigenvalue weighted by molar-refractivity contribution is -0.114. The molecule has 1 aromatic heterocycles. The molecule has 0 aliphatic rings. The zero-order valence-corrected chi connectivity index (χ0v) is 15.2. The summed E-state index contributed by atoms with van der Waals surface area (Å²) < 4.78 is 28.3. The summed E-state index contributed by atoms with van der Waals surface area (Å²) in [5.41, 5.74) is 1.49. The molecule has 3 rings (SSSR count). The van der Waals surface area contributed by atoms with Crippen molar-refractivity contribution in [1.82, 2.24) is 9.71 Å². The number of fused-ring (bicyclic) bond motifs is 1. The monoisotopic (exact) mass is 375 g/mol. The van der Waals surface area contributed by atoms with Crippen molar-refractivity contribution in [3.05, 3.63) is 53.5 Å². The number of carbonyl (C=O) groups excluding carboxylic acids is 1. The number of anilines is 1. The van der Waals surface area contributed by atoms with Gasteiger partial charge in [-0.2, -0.15) is 0 Å². The number of amides is 1. The van der Waals surface area contributed by atoms with Crippen LogP contribution in [0.5, 0.6) is 0 Å². The van der Waals surface area contributed by atoms with E-state index in [1.165, 1.54) is 19.1 Å². The lowest BCUT2D eigenvalue weighted by Gasteiger charge is -2.07. The smallest absolute Gasteiger partial charge is 0.240 e. The molecule has 3 aromatic rings. The minimum Gasteiger partial charge on any atom is -0.326 e. The number of benzene rings is 2. The minimum absolute atomic E-state index is 0.158. The van der Waals surface area contributed by atoms with Gasteiger partial charge in [0.2, 0.25) is 15.9 Å². The van der Waals surface area contributed by atoms with Gasteiger partial charge in [0.15, 0.2) is 0 Å². The molecule has 2 N–H and O–H groups in total. The van der Waals surface area contributed by atoms with Crippen molar-refractivity contribution in [2.24, 2.45) is 0 Å². The van der Waals surface area contributed by atoms with Gasteiger partial charge in [-0.25, -0.2) is 18.1 Å². The van der Waals surface area contributed by atoms with Crippen LogP contribution in [0.1, 0.15) is 11.9 Å². The van der Waals surface area contributed by atoms with Crippen molar-refractivity contribution in [3.63, 3.8) is 0 Å². The van der Waals surface area contributed by atoms with E-state index in [9.17, 15) is 13.2 Å². The van der Waals surface area contributed by atoms with Gasteiger partial charge in [-0.05, 0) is 36.4 Å². The number of hydrogen-bond donors (Lipinski definition) is 2. The van der Waals surface area contributed by atoms with Crippen LogP contribution in [0.2, 0.25) is 0 Å². The highest BCUT2D eigenvalue weighted by Gasteiger charge is 2.14. The van der Waals surface area contributed by atoms with Gasteiger partial charge in [-0.3, -0.25) is 4.79 Å². The number of para-hydroxylation sites is 1. The average molecular weight is 375 g/mol. The van der Waals surface area contributed by atoms with Gasteiger partial charge in [0.05, 0.1) is 20.1 Å². The van der Waals surface area contributed by atoms with Crippen molar-refractivity contribution in [3.8, 4) is 0 Å². The van der Waals surface area contributed by atoms with E-state index in [1.807, 2.05) is 24.3 Å². The highest BCUT2D eigenvalue weighted by molar-refractivity contribution is 7.89. The molecule has 0 atom stereocenters. The predicted molar refractivity (Wildman–Crippen MR) is 99.3 cm³/mol. The fraction of sp³-hybridized carbons (Fsp3) is 0.176. The summed E-state index contributed by atoms with van der Waals surface area (Å²) in [7, 11) is -3.59. The van der Waals surface area contributed by atoms with Gasteiger partial charge in [0, 0.05) is 25.6 Å². The number of carbonyl (C=O) groups is 1. The molecular formula is C17H17N3O3S2. The Hall–Kier alpha value is -2.29. The van der Waals surface area contributed by atoms with E-state index in [2.05, 4.69) is 15.0 Å². The molecule has 0 spiro atoms. The molecule has 0 saturated heterocycles. The molecule has 1 heterocycles. The summed E-state index contributed by atoms with van der Waals surface area (Å²) in [5, 5.41) is 3.49. The lowest BCUT2D eigenvalue weighted by atomic mass is 10.3. The molecular weight excluding hydrogens is 358 g/mol. The van der Waals surface area contributed by atoms with Gasteiger partial charge < -0.3 is 5.32 Å². The number of rotatable bonds is 6. The summed E-state index contributed by atoms with van der Waals surface area (Å²) in [6, 6.07) is 13.9. The van der Waals surface area contributed by atoms with E-state index in [-0.39, 0.29) is 17.3 Å². The molecule has 8 heteroatoms. The number of thiazole rings is 1. The number of nitrogens with one attached hydrogen (secondary N) is 2. The van der Waals surface area contributed by atoms with Crippen molar-refractivity contribution < 1.29 is 13.2 Å². The highest BCUT2D eigenvalue weighted by Crippen LogP contribution is 2.21. The van der Waals surface area contributed by atoms with Crippen LogP contribution in [0.25, 0.3) is 10.2 Å². The maximum absolute atomic E-state index is 12.3. The maximum atomic E-state index is 12.3. The first-order valence-electron chi connectivity index (χ1n) is 7.66. The standard InChI is InChI=1S/C17H17N3O3S2/c1-12(21)19-13-6-8-14(9-7-13)25(22,23)18-11-10-17-20-15-4-2-3-5-16(15)24-17/h2-9,18H,10-11H2,1H3,(H,19,21). The van der Waals surface area contributed by atoms with E-state index in [1.54, 1.807) is 23.5 Å². The van der Waals surface area contributed by atoms with Gasteiger partial charge in [0.1, 0.15) is 0 Å². The van der Waals surface area contributed by atoms with Gasteiger partial charge in [0.25, 0.3) is 0 Å². The molecule has 0 saturated carbocycles. The third-order valence-electron chi connectivity index (χ3n) is 3.45. The van der Waals surface area contributed by atoms with E-state index in [0.717, 1.165) is 15.2 Å². The van der Waals surface area contributed by atoms with Crippen LogP contribution in [-0.4, -0.2) is 25.9 Å². The first kappa shape index (κ1) is 17.5. The zero-order valence-electron chi connectivity index (χ0n) is 13.5. The van der Waals surface area contributed by atoms with Crippen LogP contribution in [0, 0.1) is 0 Å². The molecule has 0 unspecified atom stereocenters. The second-order valence-electron chi connectivity index (χ2n) is 5.43. The second kappa shape index (κ2) is 7.30. The number of sulfonamides is 1. The summed E-state index contributed by atoms with van der Waals surface area (Å²) in [5.74, 6) is -0.204. The van der Waals surface area contributed by atoms with Crippen LogP contribution >= 0.6 is 11.3 Å². The Balaban J connectivity index is 1.62. The van der Waals surface area contributed by atoms with Crippen LogP contribution in [-0.2, 0) is 21.2 Å². The molecule has 0 fully saturated rings. The number of hydrogen-bond acceptors (Lipinski definition) is 5. The van der Waals surface area contributed by atoms with Crippen LogP contribution in [0.3, 0.4) is 0 Å². The first-order valence-corrected chi connectivity index (χ1v) is 9.96. The molecule has 0 aliphatic heterocycles. The first-order chi connectivity index (χ1) is 11.9. The molecule has 6 nitrogen and oxygen atoms in total. The van der Waals surface area contributed by atoms with Crippen molar-refractivity contribution in [2.75, 3.05) is 11.9 Å². The summed E-state index contributed by atoms with van der Waals surface area (Å²) in [4.78, 5) is 15.6. The largest absolute Gasteiger partial charge is 0.326 e. The van der Waals surface area contributed by atoms with Crippen molar-refractivity contribution >= 4 is 43.2 Å². The Labute approximate surface area is 150 Å². The van der Waals surface area contributed by atoms with Crippen LogP contribution < -0.4 is 10.0 Å².